The maximum absolute atomic E-state index is 13.7. The third-order valence-corrected chi connectivity index (χ3v) is 7.71. The number of aromatic nitrogens is 2. The highest BCUT2D eigenvalue weighted by Crippen LogP contribution is 2.32. The molecule has 0 spiro atoms. The number of benzene rings is 2. The van der Waals surface area contributed by atoms with Crippen LogP contribution in [0.25, 0.3) is 11.0 Å². The van der Waals surface area contributed by atoms with Crippen LogP contribution in [0, 0.1) is 0 Å². The molecule has 1 N–H and O–H groups in total. The molecule has 2 aromatic carbocycles. The lowest BCUT2D eigenvalue weighted by Crippen LogP contribution is -2.16. The van der Waals surface area contributed by atoms with Crippen molar-refractivity contribution in [2.24, 2.45) is 0 Å². The third kappa shape index (κ3) is 4.99. The van der Waals surface area contributed by atoms with Crippen molar-refractivity contribution in [3.8, 4) is 0 Å². The Balaban J connectivity index is 1.79. The number of aromatic carboxylic acids is 1. The summed E-state index contributed by atoms with van der Waals surface area (Å²) < 4.78 is 68.2. The van der Waals surface area contributed by atoms with Crippen LogP contribution in [0.1, 0.15) is 52.6 Å². The molecule has 0 fully saturated rings. The molecule has 0 atom stereocenters. The van der Waals surface area contributed by atoms with Crippen LogP contribution in [0.15, 0.2) is 71.6 Å². The predicted molar refractivity (Wildman–Crippen MR) is 129 cm³/mol. The van der Waals surface area contributed by atoms with E-state index in [0.29, 0.717) is 6.42 Å². The Morgan fingerprint density at radius 2 is 1.61 bits per heavy atom. The van der Waals surface area contributed by atoms with E-state index in [1.54, 1.807) is 24.3 Å². The number of nitrogens with zero attached hydrogens (tertiary/aromatic N) is 2. The Morgan fingerprint density at radius 1 is 0.972 bits per heavy atom. The minimum absolute atomic E-state index is 0.0105. The molecular formula is C26H23F3N2O4S. The lowest BCUT2D eigenvalue weighted by atomic mass is 10.0. The molecule has 6 nitrogen and oxygen atoms in total. The molecule has 0 saturated heterocycles. The standard InChI is InChI=1S/C26H23F3N2O4S/c1-16(2)18-8-11-21(12-9-18)36(34,35)31-20(10-5-17-3-6-19(7-4-17)25(32)33)15-22-23(31)13-14-24(30-22)26(27,28)29/h3-4,6-9,11-16H,5,10H2,1-2H3,(H,32,33). The number of pyridine rings is 1. The molecule has 0 saturated carbocycles. The summed E-state index contributed by atoms with van der Waals surface area (Å²) in [5, 5.41) is 9.07. The Hall–Kier alpha value is -3.66. The predicted octanol–water partition coefficient (Wildman–Crippen LogP) is 5.90. The van der Waals surface area contributed by atoms with E-state index in [2.05, 4.69) is 4.98 Å². The summed E-state index contributed by atoms with van der Waals surface area (Å²) in [5.41, 5.74) is 0.945. The molecule has 4 rings (SSSR count). The van der Waals surface area contributed by atoms with Crippen molar-refractivity contribution >= 4 is 27.0 Å². The zero-order chi connectivity index (χ0) is 26.3. The highest BCUT2D eigenvalue weighted by molar-refractivity contribution is 7.90. The summed E-state index contributed by atoms with van der Waals surface area (Å²) in [5.74, 6) is -0.870. The van der Waals surface area contributed by atoms with Gasteiger partial charge in [-0.2, -0.15) is 13.2 Å². The van der Waals surface area contributed by atoms with Crippen molar-refractivity contribution < 1.29 is 31.5 Å². The Labute approximate surface area is 206 Å². The van der Waals surface area contributed by atoms with Crippen molar-refractivity contribution in [3.63, 3.8) is 0 Å². The first-order chi connectivity index (χ1) is 16.9. The van der Waals surface area contributed by atoms with Gasteiger partial charge in [0.2, 0.25) is 0 Å². The van der Waals surface area contributed by atoms with Gasteiger partial charge in [-0.15, -0.1) is 0 Å². The van der Waals surface area contributed by atoms with Crippen LogP contribution in [-0.2, 0) is 29.0 Å². The molecule has 0 aliphatic rings. The highest BCUT2D eigenvalue weighted by Gasteiger charge is 2.33. The first-order valence-electron chi connectivity index (χ1n) is 11.1. The van der Waals surface area contributed by atoms with Crippen LogP contribution in [0.2, 0.25) is 0 Å². The number of alkyl halides is 3. The van der Waals surface area contributed by atoms with Crippen LogP contribution in [0.4, 0.5) is 13.2 Å². The van der Waals surface area contributed by atoms with E-state index in [9.17, 15) is 26.4 Å². The van der Waals surface area contributed by atoms with Gasteiger partial charge in [-0.3, -0.25) is 0 Å². The maximum Gasteiger partial charge on any atom is 0.433 e. The second kappa shape index (κ2) is 9.42. The fraction of sp³-hybridized carbons (Fsp3) is 0.231. The molecule has 36 heavy (non-hydrogen) atoms. The second-order valence-electron chi connectivity index (χ2n) is 8.73. The monoisotopic (exact) mass is 516 g/mol. The van der Waals surface area contributed by atoms with Gasteiger partial charge < -0.3 is 5.11 Å². The lowest BCUT2D eigenvalue weighted by molar-refractivity contribution is -0.140. The zero-order valence-electron chi connectivity index (χ0n) is 19.5. The van der Waals surface area contributed by atoms with Gasteiger partial charge in [0.15, 0.2) is 0 Å². The molecule has 0 bridgehead atoms. The first-order valence-corrected chi connectivity index (χ1v) is 12.6. The van der Waals surface area contributed by atoms with Crippen LogP contribution in [0.3, 0.4) is 0 Å². The minimum atomic E-state index is -4.67. The van der Waals surface area contributed by atoms with E-state index in [-0.39, 0.29) is 39.5 Å². The van der Waals surface area contributed by atoms with Gasteiger partial charge in [0.25, 0.3) is 10.0 Å². The smallest absolute Gasteiger partial charge is 0.433 e. The molecule has 0 unspecified atom stereocenters. The SMILES string of the molecule is CC(C)c1ccc(S(=O)(=O)n2c(CCc3ccc(C(=O)O)cc3)cc3nc(C(F)(F)F)ccc32)cc1. The number of fused-ring (bicyclic) bond motifs is 1. The fourth-order valence-electron chi connectivity index (χ4n) is 3.95. The maximum atomic E-state index is 13.7. The number of halogens is 3. The largest absolute Gasteiger partial charge is 0.478 e. The van der Waals surface area contributed by atoms with Crippen molar-refractivity contribution in [2.45, 2.75) is 43.7 Å². The summed E-state index contributed by atoms with van der Waals surface area (Å²) in [6, 6.07) is 15.8. The minimum Gasteiger partial charge on any atom is -0.478 e. The summed E-state index contributed by atoms with van der Waals surface area (Å²) in [4.78, 5) is 14.8. The topological polar surface area (TPSA) is 89.3 Å². The average Bonchev–Trinajstić information content (AvgIpc) is 3.21. The number of hydrogen-bond donors (Lipinski definition) is 1. The van der Waals surface area contributed by atoms with Crippen LogP contribution < -0.4 is 0 Å². The van der Waals surface area contributed by atoms with Crippen molar-refractivity contribution in [3.05, 3.63) is 94.8 Å². The van der Waals surface area contributed by atoms with Gasteiger partial charge in [-0.05, 0) is 72.4 Å². The number of carboxylic acids is 1. The van der Waals surface area contributed by atoms with Crippen LogP contribution in [0.5, 0.6) is 0 Å². The molecule has 10 heteroatoms. The average molecular weight is 517 g/mol. The van der Waals surface area contributed by atoms with Crippen LogP contribution >= 0.6 is 0 Å². The molecule has 0 aliphatic heterocycles. The first kappa shape index (κ1) is 25.4. The zero-order valence-corrected chi connectivity index (χ0v) is 20.3. The van der Waals surface area contributed by atoms with Gasteiger partial charge in [-0.25, -0.2) is 22.2 Å². The van der Waals surface area contributed by atoms with E-state index in [0.717, 1.165) is 27.2 Å². The van der Waals surface area contributed by atoms with Gasteiger partial charge in [-0.1, -0.05) is 38.1 Å². The number of rotatable bonds is 7. The van der Waals surface area contributed by atoms with Gasteiger partial charge >= 0.3 is 12.1 Å². The molecule has 2 aromatic heterocycles. The highest BCUT2D eigenvalue weighted by atomic mass is 32.2. The van der Waals surface area contributed by atoms with Crippen LogP contribution in [-0.4, -0.2) is 28.5 Å². The molecular weight excluding hydrogens is 493 g/mol. The summed E-state index contributed by atoms with van der Waals surface area (Å²) in [6.07, 6.45) is -4.16. The summed E-state index contributed by atoms with van der Waals surface area (Å²) in [6.45, 7) is 3.96. The normalized spacial score (nSPS) is 12.4. The van der Waals surface area contributed by atoms with E-state index >= 15 is 0 Å². The Bertz CT molecular complexity index is 1520. The molecule has 0 radical (unpaired) electrons. The Morgan fingerprint density at radius 3 is 2.17 bits per heavy atom. The number of hydrogen-bond acceptors (Lipinski definition) is 4. The van der Waals surface area contributed by atoms with Crippen molar-refractivity contribution in [1.82, 2.24) is 8.96 Å². The summed E-state index contributed by atoms with van der Waals surface area (Å²) in [7, 11) is -4.15. The van der Waals surface area contributed by atoms with Crippen molar-refractivity contribution in [1.29, 1.82) is 0 Å². The van der Waals surface area contributed by atoms with E-state index in [1.165, 1.54) is 30.3 Å². The van der Waals surface area contributed by atoms with E-state index in [1.807, 2.05) is 13.8 Å². The van der Waals surface area contributed by atoms with E-state index in [4.69, 9.17) is 5.11 Å². The number of aryl methyl sites for hydroxylation is 2. The fourth-order valence-corrected chi connectivity index (χ4v) is 5.51. The molecule has 188 valence electrons. The third-order valence-electron chi connectivity index (χ3n) is 5.93. The second-order valence-corrected chi connectivity index (χ2v) is 10.5. The van der Waals surface area contributed by atoms with Crippen molar-refractivity contribution in [2.75, 3.05) is 0 Å². The van der Waals surface area contributed by atoms with Gasteiger partial charge in [0, 0.05) is 5.69 Å². The number of carbonyl (C=O) groups is 1. The van der Waals surface area contributed by atoms with E-state index < -0.39 is 27.9 Å². The molecule has 0 amide bonds. The van der Waals surface area contributed by atoms with Gasteiger partial charge in [0.05, 0.1) is 21.5 Å². The number of carboxylic acid groups (broad SMARTS) is 1. The molecule has 4 aromatic rings. The Kier molecular flexibility index (Phi) is 6.66. The molecule has 0 aliphatic carbocycles. The lowest BCUT2D eigenvalue weighted by Gasteiger charge is -2.14. The summed E-state index contributed by atoms with van der Waals surface area (Å²) >= 11 is 0. The molecule has 2 heterocycles. The quantitative estimate of drug-likeness (QED) is 0.330. The van der Waals surface area contributed by atoms with Gasteiger partial charge in [0.1, 0.15) is 5.69 Å².